The number of carbonyl (C=O) groups excluding carboxylic acids is 2. The Hall–Kier alpha value is -2.16. The summed E-state index contributed by atoms with van der Waals surface area (Å²) in [5.41, 5.74) is 1.80. The number of rotatable bonds is 4. The Bertz CT molecular complexity index is 1050. The van der Waals surface area contributed by atoms with Gasteiger partial charge in [0, 0.05) is 10.0 Å². The van der Waals surface area contributed by atoms with Crippen LogP contribution in [0.25, 0.3) is 5.57 Å². The lowest BCUT2D eigenvalue weighted by atomic mass is 10.1. The fourth-order valence-electron chi connectivity index (χ4n) is 3.05. The number of hydrogen-bond donors (Lipinski definition) is 1. The summed E-state index contributed by atoms with van der Waals surface area (Å²) >= 11 is 10.3. The maximum atomic E-state index is 13.5. The maximum Gasteiger partial charge on any atom is 0.409 e. The van der Waals surface area contributed by atoms with Crippen LogP contribution in [0.15, 0.2) is 64.0 Å². The molecule has 0 bridgehead atoms. The molecule has 1 aliphatic heterocycles. The molecule has 1 unspecified atom stereocenters. The minimum Gasteiger partial charge on any atom is -0.444 e. The third kappa shape index (κ3) is 5.56. The molecule has 0 aliphatic carbocycles. The van der Waals surface area contributed by atoms with E-state index in [9.17, 15) is 9.59 Å². The average molecular weight is 519 g/mol. The van der Waals surface area contributed by atoms with Crippen molar-refractivity contribution < 1.29 is 14.3 Å². The van der Waals surface area contributed by atoms with Gasteiger partial charge < -0.3 is 4.74 Å². The molecule has 31 heavy (non-hydrogen) atoms. The second-order valence-corrected chi connectivity index (χ2v) is 10.4. The lowest BCUT2D eigenvalue weighted by molar-refractivity contribution is -0.124. The van der Waals surface area contributed by atoms with E-state index >= 15 is 0 Å². The molecule has 2 amide bonds. The minimum absolute atomic E-state index is 0.256. The molecule has 0 radical (unpaired) electrons. The Balaban J connectivity index is 2.01. The summed E-state index contributed by atoms with van der Waals surface area (Å²) < 4.78 is 6.55. The number of hydrogen-bond acceptors (Lipinski definition) is 5. The van der Waals surface area contributed by atoms with E-state index in [1.807, 2.05) is 61.5 Å². The number of ether oxygens (including phenoxy) is 1. The van der Waals surface area contributed by atoms with Gasteiger partial charge in [0.1, 0.15) is 16.1 Å². The quantitative estimate of drug-likeness (QED) is 0.382. The van der Waals surface area contributed by atoms with Gasteiger partial charge in [-0.05, 0) is 44.9 Å². The van der Waals surface area contributed by atoms with Gasteiger partial charge in [-0.3, -0.25) is 15.0 Å². The van der Waals surface area contributed by atoms with Gasteiger partial charge in [-0.2, -0.15) is 0 Å². The first-order chi connectivity index (χ1) is 14.6. The van der Waals surface area contributed by atoms with Crippen LogP contribution in [-0.4, -0.2) is 26.8 Å². The SMILES string of the molecule is C/C(=C1/SC(=S)N(C(NC(=O)OC(C)(C)C)c2ccccc2Br)C1=O)c1ccccc1. The van der Waals surface area contributed by atoms with E-state index in [1.165, 1.54) is 16.7 Å². The van der Waals surface area contributed by atoms with E-state index < -0.39 is 17.9 Å². The van der Waals surface area contributed by atoms with Gasteiger partial charge in [0.15, 0.2) is 0 Å². The number of nitrogens with zero attached hydrogens (tertiary/aromatic N) is 1. The number of carbonyl (C=O) groups is 2. The second kappa shape index (κ2) is 9.54. The standard InChI is InChI=1S/C23H23BrN2O3S2/c1-14(15-10-6-5-7-11-15)18-20(27)26(22(30)31-18)19(16-12-8-9-13-17(16)24)25-21(28)29-23(2,3)4/h5-13,19H,1-4H3,(H,25,28)/b18-14-. The largest absolute Gasteiger partial charge is 0.444 e. The lowest BCUT2D eigenvalue weighted by Crippen LogP contribution is -2.45. The fourth-order valence-corrected chi connectivity index (χ4v) is 4.91. The highest BCUT2D eigenvalue weighted by molar-refractivity contribution is 9.10. The number of halogens is 1. The van der Waals surface area contributed by atoms with Crippen LogP contribution in [0.3, 0.4) is 0 Å². The average Bonchev–Trinajstić information content (AvgIpc) is 2.99. The molecule has 1 N–H and O–H groups in total. The Morgan fingerprint density at radius 3 is 2.35 bits per heavy atom. The summed E-state index contributed by atoms with van der Waals surface area (Å²) in [6.07, 6.45) is -1.45. The number of benzene rings is 2. The number of thioether (sulfide) groups is 1. The van der Waals surface area contributed by atoms with Crippen molar-refractivity contribution >= 4 is 61.8 Å². The molecule has 0 saturated carbocycles. The third-order valence-electron chi connectivity index (χ3n) is 4.46. The minimum atomic E-state index is -0.820. The molecule has 2 aromatic carbocycles. The van der Waals surface area contributed by atoms with Crippen LogP contribution in [0.4, 0.5) is 4.79 Å². The monoisotopic (exact) mass is 518 g/mol. The van der Waals surface area contributed by atoms with Crippen molar-refractivity contribution in [1.29, 1.82) is 0 Å². The summed E-state index contributed by atoms with van der Waals surface area (Å²) in [4.78, 5) is 28.1. The first kappa shape index (κ1) is 23.5. The molecule has 2 aromatic rings. The van der Waals surface area contributed by atoms with Crippen molar-refractivity contribution in [2.24, 2.45) is 0 Å². The number of thiocarbonyl (C=S) groups is 1. The van der Waals surface area contributed by atoms with Gasteiger partial charge in [-0.15, -0.1) is 0 Å². The van der Waals surface area contributed by atoms with Crippen molar-refractivity contribution in [2.45, 2.75) is 39.5 Å². The molecule has 0 aromatic heterocycles. The molecule has 162 valence electrons. The van der Waals surface area contributed by atoms with Crippen molar-refractivity contribution in [1.82, 2.24) is 10.2 Å². The van der Waals surface area contributed by atoms with Crippen molar-refractivity contribution in [2.75, 3.05) is 0 Å². The molecule has 0 spiro atoms. The summed E-state index contributed by atoms with van der Waals surface area (Å²) in [7, 11) is 0. The summed E-state index contributed by atoms with van der Waals surface area (Å²) in [6.45, 7) is 7.25. The second-order valence-electron chi connectivity index (χ2n) is 7.93. The molecule has 1 fully saturated rings. The van der Waals surface area contributed by atoms with Crippen LogP contribution in [0, 0.1) is 0 Å². The van der Waals surface area contributed by atoms with Gasteiger partial charge in [0.2, 0.25) is 0 Å². The smallest absolute Gasteiger partial charge is 0.409 e. The normalized spacial score (nSPS) is 16.9. The van der Waals surface area contributed by atoms with E-state index in [0.29, 0.717) is 14.8 Å². The highest BCUT2D eigenvalue weighted by Crippen LogP contribution is 2.41. The van der Waals surface area contributed by atoms with E-state index in [0.717, 1.165) is 15.6 Å². The first-order valence-electron chi connectivity index (χ1n) is 9.64. The Labute approximate surface area is 200 Å². The molecular weight excluding hydrogens is 496 g/mol. The van der Waals surface area contributed by atoms with E-state index in [1.54, 1.807) is 20.8 Å². The van der Waals surface area contributed by atoms with Crippen LogP contribution in [-0.2, 0) is 9.53 Å². The Kier molecular flexibility index (Phi) is 7.24. The van der Waals surface area contributed by atoms with Crippen LogP contribution >= 0.6 is 39.9 Å². The lowest BCUT2D eigenvalue weighted by Gasteiger charge is -2.30. The zero-order valence-corrected chi connectivity index (χ0v) is 20.9. The zero-order chi connectivity index (χ0) is 22.8. The topological polar surface area (TPSA) is 58.6 Å². The summed E-state index contributed by atoms with van der Waals surface area (Å²) in [5.74, 6) is -0.256. The molecule has 5 nitrogen and oxygen atoms in total. The summed E-state index contributed by atoms with van der Waals surface area (Å²) in [5, 5.41) is 2.82. The molecule has 1 atom stereocenters. The maximum absolute atomic E-state index is 13.5. The van der Waals surface area contributed by atoms with Gasteiger partial charge in [0.05, 0.1) is 4.91 Å². The van der Waals surface area contributed by atoms with Gasteiger partial charge >= 0.3 is 6.09 Å². The third-order valence-corrected chi connectivity index (χ3v) is 6.68. The molecule has 1 aliphatic rings. The Morgan fingerprint density at radius 2 is 1.74 bits per heavy atom. The highest BCUT2D eigenvalue weighted by Gasteiger charge is 2.40. The molecule has 1 saturated heterocycles. The molecule has 8 heteroatoms. The molecule has 1 heterocycles. The number of allylic oxidation sites excluding steroid dienone is 1. The number of amides is 2. The van der Waals surface area contributed by atoms with Crippen LogP contribution < -0.4 is 5.32 Å². The fraction of sp³-hybridized carbons (Fsp3) is 0.261. The zero-order valence-electron chi connectivity index (χ0n) is 17.6. The van der Waals surface area contributed by atoms with Gasteiger partial charge in [-0.1, -0.05) is 88.4 Å². The predicted molar refractivity (Wildman–Crippen MR) is 132 cm³/mol. The van der Waals surface area contributed by atoms with Crippen molar-refractivity contribution in [3.63, 3.8) is 0 Å². The van der Waals surface area contributed by atoms with Crippen LogP contribution in [0.2, 0.25) is 0 Å². The summed E-state index contributed by atoms with van der Waals surface area (Å²) in [6, 6.07) is 17.1. The highest BCUT2D eigenvalue weighted by atomic mass is 79.9. The number of nitrogens with one attached hydrogen (secondary N) is 1. The Morgan fingerprint density at radius 1 is 1.13 bits per heavy atom. The number of alkyl carbamates (subject to hydrolysis) is 1. The molecular formula is C23H23BrN2O3S2. The van der Waals surface area contributed by atoms with Gasteiger partial charge in [-0.25, -0.2) is 4.79 Å². The van der Waals surface area contributed by atoms with Crippen LogP contribution in [0.5, 0.6) is 0 Å². The predicted octanol–water partition coefficient (Wildman–Crippen LogP) is 6.26. The van der Waals surface area contributed by atoms with Gasteiger partial charge in [0.25, 0.3) is 5.91 Å². The van der Waals surface area contributed by atoms with E-state index in [4.69, 9.17) is 17.0 Å². The van der Waals surface area contributed by atoms with E-state index in [2.05, 4.69) is 21.2 Å². The first-order valence-corrected chi connectivity index (χ1v) is 11.7. The van der Waals surface area contributed by atoms with E-state index in [-0.39, 0.29) is 5.91 Å². The molecule has 3 rings (SSSR count). The van der Waals surface area contributed by atoms with Crippen LogP contribution in [0.1, 0.15) is 45.0 Å². The van der Waals surface area contributed by atoms with Crippen molar-refractivity contribution in [3.05, 3.63) is 75.1 Å². The van der Waals surface area contributed by atoms with Crippen molar-refractivity contribution in [3.8, 4) is 0 Å².